The third-order valence-corrected chi connectivity index (χ3v) is 10.3. The van der Waals surface area contributed by atoms with E-state index in [1.165, 1.54) is 0 Å². The van der Waals surface area contributed by atoms with Crippen LogP contribution in [0, 0.1) is 11.5 Å². The van der Waals surface area contributed by atoms with Crippen LogP contribution < -0.4 is 0 Å². The zero-order valence-electron chi connectivity index (χ0n) is 20.4. The van der Waals surface area contributed by atoms with E-state index in [1.807, 2.05) is 26.8 Å². The molecule has 0 amide bonds. The molecule has 0 aromatic rings. The molecule has 4 nitrogen and oxygen atoms in total. The molecule has 1 aliphatic rings. The van der Waals surface area contributed by atoms with E-state index in [9.17, 15) is 0 Å². The van der Waals surface area contributed by atoms with Crippen molar-refractivity contribution in [2.24, 2.45) is 0 Å². The van der Waals surface area contributed by atoms with E-state index >= 15 is 0 Å². The minimum absolute atomic E-state index is 0.00230. The van der Waals surface area contributed by atoms with Crippen LogP contribution in [0.4, 0.5) is 0 Å². The molecule has 166 valence electrons. The second-order valence-corrected chi connectivity index (χ2v) is 20.2. The van der Waals surface area contributed by atoms with Crippen LogP contribution in [0.1, 0.15) is 41.5 Å². The summed E-state index contributed by atoms with van der Waals surface area (Å²) in [5.74, 6) is 4.00. The average Bonchev–Trinajstić information content (AvgIpc) is 2.50. The first-order valence-corrected chi connectivity index (χ1v) is 16.9. The molecule has 0 saturated heterocycles. The van der Waals surface area contributed by atoms with Gasteiger partial charge in [-0.05, 0) is 45.0 Å². The number of allylic oxidation sites excluding steroid dienone is 1. The Morgan fingerprint density at radius 1 is 1.21 bits per heavy atom. The average molecular weight is 439 g/mol. The standard InChI is InChI=1S/C23H42O4Si2/c1-17(2)25-21-19(13-14-28(8,9)10)15-20(27-22(21)26-18(3)4)16-24-29(11,12)23(5,6)7/h15,18,20-22H,1,16H2,2-12H3/t20-,21+,22-/m0/s1. The van der Waals surface area contributed by atoms with Gasteiger partial charge in [0.15, 0.2) is 14.4 Å². The number of ether oxygens (including phenoxy) is 3. The van der Waals surface area contributed by atoms with E-state index in [-0.39, 0.29) is 17.2 Å². The molecule has 0 unspecified atom stereocenters. The third kappa shape index (κ3) is 8.81. The molecule has 0 N–H and O–H groups in total. The van der Waals surface area contributed by atoms with Crippen LogP contribution in [0.3, 0.4) is 0 Å². The second-order valence-electron chi connectivity index (χ2n) is 10.7. The van der Waals surface area contributed by atoms with Gasteiger partial charge >= 0.3 is 0 Å². The van der Waals surface area contributed by atoms with Crippen LogP contribution in [-0.4, -0.2) is 47.6 Å². The number of hydrogen-bond acceptors (Lipinski definition) is 4. The first-order valence-electron chi connectivity index (χ1n) is 10.5. The molecule has 0 bridgehead atoms. The van der Waals surface area contributed by atoms with E-state index in [2.05, 4.69) is 71.5 Å². The molecule has 0 aromatic heterocycles. The summed E-state index contributed by atoms with van der Waals surface area (Å²) in [6.45, 7) is 28.1. The van der Waals surface area contributed by atoms with Gasteiger partial charge in [0.05, 0.1) is 18.5 Å². The van der Waals surface area contributed by atoms with Crippen molar-refractivity contribution in [1.29, 1.82) is 0 Å². The summed E-state index contributed by atoms with van der Waals surface area (Å²) in [5, 5.41) is 0.144. The molecule has 1 rings (SSSR count). The second kappa shape index (κ2) is 9.97. The zero-order chi connectivity index (χ0) is 22.6. The van der Waals surface area contributed by atoms with Crippen LogP contribution in [0.15, 0.2) is 24.0 Å². The van der Waals surface area contributed by atoms with E-state index in [1.54, 1.807) is 0 Å². The molecule has 0 fully saturated rings. The van der Waals surface area contributed by atoms with Gasteiger partial charge in [0.25, 0.3) is 0 Å². The smallest absolute Gasteiger partial charge is 0.200 e. The van der Waals surface area contributed by atoms with E-state index in [4.69, 9.17) is 18.6 Å². The van der Waals surface area contributed by atoms with Gasteiger partial charge in [0, 0.05) is 5.57 Å². The minimum atomic E-state index is -1.88. The Morgan fingerprint density at radius 2 is 1.79 bits per heavy atom. The number of rotatable bonds is 7. The topological polar surface area (TPSA) is 36.9 Å². The monoisotopic (exact) mass is 438 g/mol. The predicted octanol–water partition coefficient (Wildman–Crippen LogP) is 5.88. The van der Waals surface area contributed by atoms with Gasteiger partial charge in [-0.1, -0.05) is 52.9 Å². The molecule has 6 heteroatoms. The molecule has 29 heavy (non-hydrogen) atoms. The highest BCUT2D eigenvalue weighted by Gasteiger charge is 2.40. The first kappa shape index (κ1) is 26.2. The molecular weight excluding hydrogens is 396 g/mol. The van der Waals surface area contributed by atoms with Gasteiger partial charge in [0.1, 0.15) is 14.2 Å². The molecule has 0 radical (unpaired) electrons. The molecule has 0 saturated carbocycles. The summed E-state index contributed by atoms with van der Waals surface area (Å²) in [7, 11) is -3.43. The van der Waals surface area contributed by atoms with Crippen molar-refractivity contribution in [3.05, 3.63) is 24.0 Å². The maximum atomic E-state index is 6.41. The quantitative estimate of drug-likeness (QED) is 0.282. The number of hydrogen-bond donors (Lipinski definition) is 0. The zero-order valence-corrected chi connectivity index (χ0v) is 22.4. The minimum Gasteiger partial charge on any atom is -0.485 e. The summed E-state index contributed by atoms with van der Waals surface area (Å²) in [6, 6.07) is 0. The summed E-state index contributed by atoms with van der Waals surface area (Å²) in [5.41, 5.74) is 4.35. The Hall–Kier alpha value is -0.846. The Balaban J connectivity index is 3.22. The molecule has 0 aromatic carbocycles. The highest BCUT2D eigenvalue weighted by atomic mass is 28.4. The molecule has 1 aliphatic heterocycles. The lowest BCUT2D eigenvalue weighted by atomic mass is 10.0. The van der Waals surface area contributed by atoms with Crippen molar-refractivity contribution in [3.8, 4) is 11.5 Å². The van der Waals surface area contributed by atoms with E-state index in [0.29, 0.717) is 12.4 Å². The van der Waals surface area contributed by atoms with Crippen molar-refractivity contribution in [2.75, 3.05) is 6.61 Å². The third-order valence-electron chi connectivity index (χ3n) is 4.96. The van der Waals surface area contributed by atoms with Crippen molar-refractivity contribution in [1.82, 2.24) is 0 Å². The Bertz CT molecular complexity index is 657. The van der Waals surface area contributed by atoms with Crippen molar-refractivity contribution < 1.29 is 18.6 Å². The van der Waals surface area contributed by atoms with Gasteiger partial charge in [-0.2, -0.15) is 0 Å². The lowest BCUT2D eigenvalue weighted by Crippen LogP contribution is -2.47. The van der Waals surface area contributed by atoms with Crippen LogP contribution in [0.5, 0.6) is 0 Å². The van der Waals surface area contributed by atoms with E-state index < -0.39 is 28.8 Å². The van der Waals surface area contributed by atoms with Gasteiger partial charge in [-0.15, -0.1) is 5.54 Å². The molecule has 0 spiro atoms. The molecule has 0 aliphatic carbocycles. The van der Waals surface area contributed by atoms with Crippen molar-refractivity contribution in [3.63, 3.8) is 0 Å². The van der Waals surface area contributed by atoms with E-state index in [0.717, 1.165) is 5.57 Å². The summed E-state index contributed by atoms with van der Waals surface area (Å²) in [4.78, 5) is 0. The predicted molar refractivity (Wildman–Crippen MR) is 127 cm³/mol. The summed E-state index contributed by atoms with van der Waals surface area (Å²) < 4.78 is 24.7. The Labute approximate surface area is 181 Å². The summed E-state index contributed by atoms with van der Waals surface area (Å²) in [6.07, 6.45) is 0.874. The fourth-order valence-corrected chi connectivity index (χ4v) is 3.93. The van der Waals surface area contributed by atoms with Gasteiger partial charge in [-0.25, -0.2) is 0 Å². The summed E-state index contributed by atoms with van der Waals surface area (Å²) >= 11 is 0. The Kier molecular flexibility index (Phi) is 9.01. The largest absolute Gasteiger partial charge is 0.485 e. The molecule has 1 heterocycles. The van der Waals surface area contributed by atoms with Crippen molar-refractivity contribution in [2.45, 2.75) is 104 Å². The van der Waals surface area contributed by atoms with Crippen LogP contribution >= 0.6 is 0 Å². The SMILES string of the molecule is C=C(C)O[C@@H]1C(C#C[Si](C)(C)C)=C[C@@H](CO[Si](C)(C)C(C)(C)C)O[C@@H]1OC(C)C. The lowest BCUT2D eigenvalue weighted by molar-refractivity contribution is -0.227. The van der Waals surface area contributed by atoms with Gasteiger partial charge < -0.3 is 18.6 Å². The van der Waals surface area contributed by atoms with Gasteiger partial charge in [-0.3, -0.25) is 0 Å². The maximum Gasteiger partial charge on any atom is 0.200 e. The van der Waals surface area contributed by atoms with Crippen LogP contribution in [0.25, 0.3) is 0 Å². The fourth-order valence-electron chi connectivity index (χ4n) is 2.40. The Morgan fingerprint density at radius 3 is 2.24 bits per heavy atom. The van der Waals surface area contributed by atoms with Crippen LogP contribution in [-0.2, 0) is 18.6 Å². The first-order chi connectivity index (χ1) is 13.0. The van der Waals surface area contributed by atoms with Crippen molar-refractivity contribution >= 4 is 16.4 Å². The molecular formula is C23H42O4Si2. The van der Waals surface area contributed by atoms with Crippen LogP contribution in [0.2, 0.25) is 37.8 Å². The fraction of sp³-hybridized carbons (Fsp3) is 0.739. The highest BCUT2D eigenvalue weighted by molar-refractivity contribution is 6.83. The maximum absolute atomic E-state index is 6.41. The normalized spacial score (nSPS) is 23.3. The highest BCUT2D eigenvalue weighted by Crippen LogP contribution is 2.37. The molecule has 3 atom stereocenters. The van der Waals surface area contributed by atoms with Gasteiger partial charge in [0.2, 0.25) is 6.29 Å². The lowest BCUT2D eigenvalue weighted by Gasteiger charge is -2.39.